The van der Waals surface area contributed by atoms with Gasteiger partial charge in [0.15, 0.2) is 0 Å². The summed E-state index contributed by atoms with van der Waals surface area (Å²) in [6.07, 6.45) is 5.32. The maximum Gasteiger partial charge on any atom is 0.309 e. The topological polar surface area (TPSA) is 80.3 Å². The van der Waals surface area contributed by atoms with Gasteiger partial charge in [0.2, 0.25) is 5.91 Å². The van der Waals surface area contributed by atoms with Gasteiger partial charge in [0, 0.05) is 24.7 Å². The molecule has 0 aliphatic carbocycles. The van der Waals surface area contributed by atoms with Crippen molar-refractivity contribution in [3.63, 3.8) is 0 Å². The Morgan fingerprint density at radius 3 is 2.39 bits per heavy atom. The fraction of sp³-hybridized carbons (Fsp3) is 0.381. The van der Waals surface area contributed by atoms with E-state index in [9.17, 15) is 9.59 Å². The van der Waals surface area contributed by atoms with Gasteiger partial charge in [-0.1, -0.05) is 36.2 Å². The number of methoxy groups -OCH3 is 1. The Morgan fingerprint density at radius 2 is 1.75 bits per heavy atom. The number of pyridine rings is 1. The second kappa shape index (κ2) is 12.2. The van der Waals surface area contributed by atoms with Crippen LogP contribution in [0.4, 0.5) is 0 Å². The molecule has 1 aromatic carbocycles. The molecule has 0 fully saturated rings. The molecule has 1 heterocycles. The largest absolute Gasteiger partial charge is 0.469 e. The molecule has 6 nitrogen and oxygen atoms in total. The Morgan fingerprint density at radius 1 is 1.07 bits per heavy atom. The first-order valence-corrected chi connectivity index (χ1v) is 10.3. The number of rotatable bonds is 11. The maximum absolute atomic E-state index is 12.3. The van der Waals surface area contributed by atoms with Crippen molar-refractivity contribution in [1.29, 1.82) is 0 Å². The number of nitrogens with one attached hydrogen (secondary N) is 2. The van der Waals surface area contributed by atoms with E-state index in [0.29, 0.717) is 13.0 Å². The molecule has 150 valence electrons. The molecule has 2 rings (SSSR count). The van der Waals surface area contributed by atoms with E-state index in [2.05, 4.69) is 19.8 Å². The first-order chi connectivity index (χ1) is 13.6. The molecular weight excluding hydrogens is 374 g/mol. The Kier molecular flexibility index (Phi) is 9.51. The van der Waals surface area contributed by atoms with Gasteiger partial charge in [-0.25, -0.2) is 0 Å². The summed E-state index contributed by atoms with van der Waals surface area (Å²) in [4.78, 5) is 27.7. The lowest BCUT2D eigenvalue weighted by atomic mass is 10.1. The molecule has 0 radical (unpaired) electrons. The average molecular weight is 402 g/mol. The molecule has 0 saturated heterocycles. The minimum absolute atomic E-state index is 0.0116. The van der Waals surface area contributed by atoms with E-state index in [0.717, 1.165) is 28.9 Å². The molecule has 0 aliphatic rings. The zero-order valence-corrected chi connectivity index (χ0v) is 17.1. The van der Waals surface area contributed by atoms with Crippen LogP contribution in [0.25, 0.3) is 0 Å². The van der Waals surface area contributed by atoms with E-state index >= 15 is 0 Å². The number of nitrogens with zero attached hydrogens (tertiary/aromatic N) is 1. The molecule has 1 aromatic heterocycles. The van der Waals surface area contributed by atoms with Gasteiger partial charge in [-0.05, 0) is 48.6 Å². The van der Waals surface area contributed by atoms with Crippen LogP contribution in [-0.2, 0) is 32.9 Å². The molecule has 0 spiro atoms. The summed E-state index contributed by atoms with van der Waals surface area (Å²) in [5.74, 6) is 0.490. The number of ether oxygens (including phenoxy) is 1. The van der Waals surface area contributed by atoms with Gasteiger partial charge < -0.3 is 10.1 Å². The van der Waals surface area contributed by atoms with Crippen LogP contribution in [0.3, 0.4) is 0 Å². The number of esters is 1. The summed E-state index contributed by atoms with van der Waals surface area (Å²) >= 11 is 1.51. The normalized spacial score (nSPS) is 11.6. The number of benzene rings is 1. The third kappa shape index (κ3) is 7.70. The van der Waals surface area contributed by atoms with Gasteiger partial charge in [0.05, 0.1) is 19.6 Å². The predicted molar refractivity (Wildman–Crippen MR) is 112 cm³/mol. The molecule has 0 saturated carbocycles. The Balaban J connectivity index is 1.84. The molecule has 2 N–H and O–H groups in total. The van der Waals surface area contributed by atoms with Crippen molar-refractivity contribution in [2.24, 2.45) is 0 Å². The van der Waals surface area contributed by atoms with Gasteiger partial charge >= 0.3 is 5.97 Å². The second-order valence-electron chi connectivity index (χ2n) is 6.32. The van der Waals surface area contributed by atoms with Crippen LogP contribution in [-0.4, -0.2) is 36.6 Å². The number of aromatic nitrogens is 1. The van der Waals surface area contributed by atoms with Crippen LogP contribution in [0.15, 0.2) is 48.8 Å². The monoisotopic (exact) mass is 401 g/mol. The first-order valence-electron chi connectivity index (χ1n) is 9.31. The van der Waals surface area contributed by atoms with E-state index in [1.165, 1.54) is 19.1 Å². The van der Waals surface area contributed by atoms with E-state index in [1.54, 1.807) is 12.4 Å². The Labute approximate surface area is 170 Å². The van der Waals surface area contributed by atoms with Crippen LogP contribution in [0.2, 0.25) is 0 Å². The SMILES string of the molecule is CCNC(=O)C(CCc1ccncc1)NSCc1ccc(CC(=O)OC)cc1. The molecule has 28 heavy (non-hydrogen) atoms. The number of hydrogen-bond donors (Lipinski definition) is 2. The van der Waals surface area contributed by atoms with Crippen LogP contribution in [0, 0.1) is 0 Å². The van der Waals surface area contributed by atoms with Crippen LogP contribution >= 0.6 is 11.9 Å². The number of hydrogen-bond acceptors (Lipinski definition) is 6. The smallest absolute Gasteiger partial charge is 0.309 e. The molecular formula is C21H27N3O3S. The summed E-state index contributed by atoms with van der Waals surface area (Å²) < 4.78 is 7.97. The highest BCUT2D eigenvalue weighted by Gasteiger charge is 2.17. The van der Waals surface area contributed by atoms with Gasteiger partial charge in [-0.2, -0.15) is 0 Å². The number of carbonyl (C=O) groups excluding carboxylic acids is 2. The fourth-order valence-electron chi connectivity index (χ4n) is 2.62. The minimum atomic E-state index is -0.267. The fourth-order valence-corrected chi connectivity index (χ4v) is 3.49. The Hall–Kier alpha value is -2.38. The zero-order chi connectivity index (χ0) is 20.2. The van der Waals surface area contributed by atoms with Gasteiger partial charge in [0.1, 0.15) is 0 Å². The molecule has 0 bridgehead atoms. The first kappa shape index (κ1) is 21.9. The van der Waals surface area contributed by atoms with E-state index in [-0.39, 0.29) is 24.3 Å². The lowest BCUT2D eigenvalue weighted by Gasteiger charge is -2.17. The average Bonchev–Trinajstić information content (AvgIpc) is 2.72. The van der Waals surface area contributed by atoms with Crippen molar-refractivity contribution in [3.05, 3.63) is 65.5 Å². The van der Waals surface area contributed by atoms with Crippen molar-refractivity contribution >= 4 is 23.8 Å². The predicted octanol–water partition coefficient (Wildman–Crippen LogP) is 2.67. The number of likely N-dealkylation sites (N-methyl/N-ethyl adjacent to an activating group) is 1. The summed E-state index contributed by atoms with van der Waals surface area (Å²) in [6.45, 7) is 2.53. The quantitative estimate of drug-likeness (QED) is 0.445. The number of aryl methyl sites for hydroxylation is 1. The van der Waals surface area contributed by atoms with Crippen LogP contribution < -0.4 is 10.0 Å². The van der Waals surface area contributed by atoms with Crippen molar-refractivity contribution in [2.75, 3.05) is 13.7 Å². The highest BCUT2D eigenvalue weighted by atomic mass is 32.2. The molecule has 1 amide bonds. The third-order valence-electron chi connectivity index (χ3n) is 4.20. The van der Waals surface area contributed by atoms with Gasteiger partial charge in [-0.15, -0.1) is 0 Å². The second-order valence-corrected chi connectivity index (χ2v) is 7.13. The molecule has 1 unspecified atom stereocenters. The molecule has 7 heteroatoms. The van der Waals surface area contributed by atoms with Gasteiger partial charge in [-0.3, -0.25) is 19.3 Å². The summed E-state index contributed by atoms with van der Waals surface area (Å²) in [5.41, 5.74) is 3.21. The van der Waals surface area contributed by atoms with E-state index in [4.69, 9.17) is 0 Å². The molecule has 0 aliphatic heterocycles. The number of amides is 1. The highest BCUT2D eigenvalue weighted by Crippen LogP contribution is 2.14. The lowest BCUT2D eigenvalue weighted by molar-refractivity contribution is -0.139. The van der Waals surface area contributed by atoms with E-state index < -0.39 is 0 Å². The van der Waals surface area contributed by atoms with E-state index in [1.807, 2.05) is 43.3 Å². The van der Waals surface area contributed by atoms with Crippen LogP contribution in [0.5, 0.6) is 0 Å². The Bertz CT molecular complexity index is 738. The third-order valence-corrected chi connectivity index (χ3v) is 5.13. The maximum atomic E-state index is 12.3. The van der Waals surface area contributed by atoms with Crippen LogP contribution in [0.1, 0.15) is 30.0 Å². The highest BCUT2D eigenvalue weighted by molar-refractivity contribution is 7.96. The van der Waals surface area contributed by atoms with Crippen molar-refractivity contribution in [1.82, 2.24) is 15.0 Å². The number of carbonyl (C=O) groups is 2. The summed E-state index contributed by atoms with van der Waals surface area (Å²) in [7, 11) is 1.39. The van der Waals surface area contributed by atoms with Crippen molar-refractivity contribution in [2.45, 2.75) is 38.0 Å². The molecule has 1 atom stereocenters. The lowest BCUT2D eigenvalue weighted by Crippen LogP contribution is -2.41. The standard InChI is InChI=1S/C21H27N3O3S/c1-3-23-21(26)19(9-8-16-10-12-22-13-11-16)24-28-15-18-6-4-17(5-7-18)14-20(25)27-2/h4-7,10-13,19,24H,3,8-9,14-15H2,1-2H3,(H,23,26). The summed E-state index contributed by atoms with van der Waals surface area (Å²) in [6, 6.07) is 11.5. The van der Waals surface area contributed by atoms with Crippen molar-refractivity contribution < 1.29 is 14.3 Å². The summed E-state index contributed by atoms with van der Waals surface area (Å²) in [5, 5.41) is 2.89. The zero-order valence-electron chi connectivity index (χ0n) is 16.3. The molecule has 2 aromatic rings. The minimum Gasteiger partial charge on any atom is -0.469 e. The van der Waals surface area contributed by atoms with Gasteiger partial charge in [0.25, 0.3) is 0 Å². The van der Waals surface area contributed by atoms with Crippen molar-refractivity contribution in [3.8, 4) is 0 Å².